The van der Waals surface area contributed by atoms with Crippen molar-refractivity contribution < 1.29 is 8.42 Å². The average Bonchev–Trinajstić information content (AvgIpc) is 3.13. The lowest BCUT2D eigenvalue weighted by Gasteiger charge is -2.13. The first-order valence-electron chi connectivity index (χ1n) is 9.68. The maximum atomic E-state index is 12.8. The molecule has 0 fully saturated rings. The number of nitrogens with zero attached hydrogens (tertiary/aromatic N) is 2. The van der Waals surface area contributed by atoms with Gasteiger partial charge in [0.1, 0.15) is 5.82 Å². The SMILES string of the molecule is CCc1ccccc1S(=O)(=O)NCCn1c(-c2ccccc2)nc2ccccc21. The van der Waals surface area contributed by atoms with Crippen molar-refractivity contribution in [3.63, 3.8) is 0 Å². The van der Waals surface area contributed by atoms with Gasteiger partial charge >= 0.3 is 0 Å². The summed E-state index contributed by atoms with van der Waals surface area (Å²) in [5.41, 5.74) is 3.70. The van der Waals surface area contributed by atoms with Crippen molar-refractivity contribution in [2.45, 2.75) is 24.8 Å². The fraction of sp³-hybridized carbons (Fsp3) is 0.174. The van der Waals surface area contributed by atoms with Gasteiger partial charge < -0.3 is 4.57 Å². The lowest BCUT2D eigenvalue weighted by atomic mass is 10.2. The fourth-order valence-corrected chi connectivity index (χ4v) is 4.87. The highest BCUT2D eigenvalue weighted by Gasteiger charge is 2.18. The molecule has 0 spiro atoms. The minimum Gasteiger partial charge on any atom is -0.323 e. The number of imidazole rings is 1. The van der Waals surface area contributed by atoms with Gasteiger partial charge in [-0.3, -0.25) is 0 Å². The van der Waals surface area contributed by atoms with E-state index >= 15 is 0 Å². The normalized spacial score (nSPS) is 11.8. The van der Waals surface area contributed by atoms with Crippen LogP contribution in [0.4, 0.5) is 0 Å². The first-order chi connectivity index (χ1) is 14.1. The van der Waals surface area contributed by atoms with Crippen LogP contribution in [-0.4, -0.2) is 24.5 Å². The molecule has 29 heavy (non-hydrogen) atoms. The fourth-order valence-electron chi connectivity index (χ4n) is 3.54. The number of fused-ring (bicyclic) bond motifs is 1. The van der Waals surface area contributed by atoms with E-state index in [0.29, 0.717) is 17.9 Å². The molecule has 5 nitrogen and oxygen atoms in total. The van der Waals surface area contributed by atoms with Crippen LogP contribution >= 0.6 is 0 Å². The monoisotopic (exact) mass is 405 g/mol. The van der Waals surface area contributed by atoms with E-state index in [-0.39, 0.29) is 6.54 Å². The molecule has 0 amide bonds. The van der Waals surface area contributed by atoms with Gasteiger partial charge in [-0.15, -0.1) is 0 Å². The van der Waals surface area contributed by atoms with Gasteiger partial charge in [0.2, 0.25) is 10.0 Å². The van der Waals surface area contributed by atoms with Crippen molar-refractivity contribution in [1.82, 2.24) is 14.3 Å². The third-order valence-corrected chi connectivity index (χ3v) is 6.52. The number of aryl methyl sites for hydroxylation is 1. The van der Waals surface area contributed by atoms with Gasteiger partial charge in [-0.25, -0.2) is 18.1 Å². The molecular formula is C23H23N3O2S. The highest BCUT2D eigenvalue weighted by molar-refractivity contribution is 7.89. The topological polar surface area (TPSA) is 64.0 Å². The minimum atomic E-state index is -3.57. The Kier molecular flexibility index (Phi) is 5.47. The van der Waals surface area contributed by atoms with Gasteiger partial charge in [-0.2, -0.15) is 0 Å². The first-order valence-corrected chi connectivity index (χ1v) is 11.2. The Morgan fingerprint density at radius 3 is 2.38 bits per heavy atom. The van der Waals surface area contributed by atoms with Crippen molar-refractivity contribution in [2.75, 3.05) is 6.54 Å². The lowest BCUT2D eigenvalue weighted by Crippen LogP contribution is -2.28. The molecule has 0 saturated heterocycles. The predicted octanol–water partition coefficient (Wildman–Crippen LogP) is 4.24. The second-order valence-electron chi connectivity index (χ2n) is 6.80. The van der Waals surface area contributed by atoms with Gasteiger partial charge in [0.25, 0.3) is 0 Å². The summed E-state index contributed by atoms with van der Waals surface area (Å²) in [7, 11) is -3.57. The summed E-state index contributed by atoms with van der Waals surface area (Å²) in [6, 6.07) is 25.0. The molecule has 4 aromatic rings. The summed E-state index contributed by atoms with van der Waals surface area (Å²) in [4.78, 5) is 5.12. The molecule has 1 aromatic heterocycles. The van der Waals surface area contributed by atoms with Crippen LogP contribution in [0.25, 0.3) is 22.4 Å². The van der Waals surface area contributed by atoms with Crippen LogP contribution < -0.4 is 4.72 Å². The Balaban J connectivity index is 1.62. The van der Waals surface area contributed by atoms with Crippen molar-refractivity contribution >= 4 is 21.1 Å². The molecule has 6 heteroatoms. The molecule has 0 saturated carbocycles. The molecule has 0 bridgehead atoms. The zero-order valence-electron chi connectivity index (χ0n) is 16.2. The maximum absolute atomic E-state index is 12.8. The van der Waals surface area contributed by atoms with Crippen LogP contribution in [0.15, 0.2) is 83.8 Å². The summed E-state index contributed by atoms with van der Waals surface area (Å²) in [5, 5.41) is 0. The van der Waals surface area contributed by atoms with Crippen LogP contribution in [-0.2, 0) is 23.0 Å². The lowest BCUT2D eigenvalue weighted by molar-refractivity contribution is 0.573. The quantitative estimate of drug-likeness (QED) is 0.500. The van der Waals surface area contributed by atoms with E-state index in [2.05, 4.69) is 9.29 Å². The number of hydrogen-bond acceptors (Lipinski definition) is 3. The van der Waals surface area contributed by atoms with E-state index in [1.165, 1.54) is 0 Å². The number of para-hydroxylation sites is 2. The Morgan fingerprint density at radius 1 is 0.897 bits per heavy atom. The molecule has 0 aliphatic carbocycles. The van der Waals surface area contributed by atoms with E-state index in [9.17, 15) is 8.42 Å². The highest BCUT2D eigenvalue weighted by atomic mass is 32.2. The van der Waals surface area contributed by atoms with E-state index in [0.717, 1.165) is 28.0 Å². The Labute approximate surface area is 171 Å². The van der Waals surface area contributed by atoms with Crippen molar-refractivity contribution in [3.05, 3.63) is 84.4 Å². The minimum absolute atomic E-state index is 0.278. The third-order valence-electron chi connectivity index (χ3n) is 4.96. The number of nitrogens with one attached hydrogen (secondary N) is 1. The zero-order valence-corrected chi connectivity index (χ0v) is 17.1. The molecule has 3 aromatic carbocycles. The largest absolute Gasteiger partial charge is 0.323 e. The van der Waals surface area contributed by atoms with E-state index in [1.807, 2.05) is 73.7 Å². The van der Waals surface area contributed by atoms with Crippen LogP contribution in [0.1, 0.15) is 12.5 Å². The predicted molar refractivity (Wildman–Crippen MR) is 116 cm³/mol. The number of hydrogen-bond donors (Lipinski definition) is 1. The molecular weight excluding hydrogens is 382 g/mol. The highest BCUT2D eigenvalue weighted by Crippen LogP contribution is 2.24. The summed E-state index contributed by atoms with van der Waals surface area (Å²) in [6.07, 6.45) is 0.668. The second-order valence-corrected chi connectivity index (χ2v) is 8.54. The van der Waals surface area contributed by atoms with Crippen LogP contribution in [0.2, 0.25) is 0 Å². The maximum Gasteiger partial charge on any atom is 0.240 e. The summed E-state index contributed by atoms with van der Waals surface area (Å²) in [6.45, 7) is 2.72. The van der Waals surface area contributed by atoms with Crippen molar-refractivity contribution in [3.8, 4) is 11.4 Å². The number of aromatic nitrogens is 2. The Bertz CT molecular complexity index is 1230. The van der Waals surface area contributed by atoms with Crippen LogP contribution in [0.5, 0.6) is 0 Å². The summed E-state index contributed by atoms with van der Waals surface area (Å²) in [5.74, 6) is 0.833. The molecule has 0 aliphatic rings. The van der Waals surface area contributed by atoms with E-state index in [1.54, 1.807) is 12.1 Å². The van der Waals surface area contributed by atoms with Gasteiger partial charge in [-0.05, 0) is 30.2 Å². The standard InChI is InChI=1S/C23H23N3O2S/c1-2-18-10-6-9-15-22(18)29(27,28)24-16-17-26-21-14-8-7-13-20(21)25-23(26)19-11-4-3-5-12-19/h3-15,24H,2,16-17H2,1H3. The van der Waals surface area contributed by atoms with Gasteiger partial charge in [0, 0.05) is 18.7 Å². The molecule has 1 heterocycles. The Hall–Kier alpha value is -2.96. The number of benzene rings is 3. The second kappa shape index (κ2) is 8.19. The first kappa shape index (κ1) is 19.4. The van der Waals surface area contributed by atoms with E-state index in [4.69, 9.17) is 4.98 Å². The molecule has 0 atom stereocenters. The third kappa shape index (κ3) is 3.95. The number of rotatable bonds is 7. The van der Waals surface area contributed by atoms with E-state index < -0.39 is 10.0 Å². The van der Waals surface area contributed by atoms with Crippen molar-refractivity contribution in [2.24, 2.45) is 0 Å². The number of sulfonamides is 1. The van der Waals surface area contributed by atoms with Gasteiger partial charge in [0.15, 0.2) is 0 Å². The molecule has 148 valence electrons. The molecule has 4 rings (SSSR count). The average molecular weight is 406 g/mol. The summed E-state index contributed by atoms with van der Waals surface area (Å²) >= 11 is 0. The molecule has 0 radical (unpaired) electrons. The van der Waals surface area contributed by atoms with Crippen molar-refractivity contribution in [1.29, 1.82) is 0 Å². The Morgan fingerprint density at radius 2 is 1.59 bits per heavy atom. The van der Waals surface area contributed by atoms with Gasteiger partial charge in [0.05, 0.1) is 15.9 Å². The smallest absolute Gasteiger partial charge is 0.240 e. The van der Waals surface area contributed by atoms with Crippen LogP contribution in [0, 0.1) is 0 Å². The summed E-state index contributed by atoms with van der Waals surface area (Å²) < 4.78 is 30.5. The zero-order chi connectivity index (χ0) is 20.3. The van der Waals surface area contributed by atoms with Crippen LogP contribution in [0.3, 0.4) is 0 Å². The molecule has 1 N–H and O–H groups in total. The molecule has 0 unspecified atom stereocenters. The molecule has 0 aliphatic heterocycles. The van der Waals surface area contributed by atoms with Gasteiger partial charge in [-0.1, -0.05) is 67.6 Å².